The van der Waals surface area contributed by atoms with Crippen LogP contribution in [0, 0.1) is 5.82 Å². The molecule has 2 aromatic heterocycles. The molecule has 0 atom stereocenters. The van der Waals surface area contributed by atoms with Crippen LogP contribution < -0.4 is 10.1 Å². The second kappa shape index (κ2) is 10.6. The van der Waals surface area contributed by atoms with Crippen LogP contribution >= 0.6 is 0 Å². The van der Waals surface area contributed by atoms with E-state index in [1.54, 1.807) is 12.1 Å². The summed E-state index contributed by atoms with van der Waals surface area (Å²) in [4.78, 5) is 15.9. The molecule has 0 aliphatic rings. The zero-order valence-corrected chi connectivity index (χ0v) is 19.6. The number of para-hydroxylation sites is 2. The Morgan fingerprint density at radius 3 is 2.75 bits per heavy atom. The fraction of sp³-hybridized carbons (Fsp3) is 0.214. The van der Waals surface area contributed by atoms with Crippen LogP contribution in [0.4, 0.5) is 4.39 Å². The molecule has 5 rings (SSSR count). The molecule has 184 valence electrons. The maximum absolute atomic E-state index is 13.3. The molecule has 0 amide bonds. The number of fused-ring (bicyclic) bond motifs is 2. The lowest BCUT2D eigenvalue weighted by atomic mass is 10.1. The predicted molar refractivity (Wildman–Crippen MR) is 135 cm³/mol. The first-order valence-electron chi connectivity index (χ1n) is 11.8. The van der Waals surface area contributed by atoms with Crippen molar-refractivity contribution in [2.24, 2.45) is 0 Å². The highest BCUT2D eigenvalue weighted by Crippen LogP contribution is 2.27. The zero-order chi connectivity index (χ0) is 24.9. The largest absolute Gasteiger partial charge is 0.494 e. The zero-order valence-electron chi connectivity index (χ0n) is 19.6. The Morgan fingerprint density at radius 1 is 1.11 bits per heavy atom. The van der Waals surface area contributed by atoms with Crippen molar-refractivity contribution in [1.29, 1.82) is 0 Å². The van der Waals surface area contributed by atoms with Crippen LogP contribution in [0.2, 0.25) is 0 Å². The fourth-order valence-electron chi connectivity index (χ4n) is 4.24. The van der Waals surface area contributed by atoms with Gasteiger partial charge in [-0.15, -0.1) is 0 Å². The third kappa shape index (κ3) is 5.55. The maximum Gasteiger partial charge on any atom is 0.307 e. The number of ether oxygens (including phenoxy) is 1. The van der Waals surface area contributed by atoms with Gasteiger partial charge in [0.25, 0.3) is 0 Å². The molecule has 3 aromatic carbocycles. The Bertz CT molecular complexity index is 1460. The molecule has 8 heteroatoms. The summed E-state index contributed by atoms with van der Waals surface area (Å²) < 4.78 is 26.9. The number of benzene rings is 3. The Morgan fingerprint density at radius 2 is 1.94 bits per heavy atom. The summed E-state index contributed by atoms with van der Waals surface area (Å²) in [6.45, 7) is 2.30. The second-order valence-corrected chi connectivity index (χ2v) is 8.61. The summed E-state index contributed by atoms with van der Waals surface area (Å²) in [5.41, 5.74) is 4.18. The van der Waals surface area contributed by atoms with Gasteiger partial charge in [0, 0.05) is 23.6 Å². The maximum atomic E-state index is 13.3. The molecule has 0 radical (unpaired) electrons. The highest BCUT2D eigenvalue weighted by molar-refractivity contribution is 5.88. The topological polar surface area (TPSA) is 89.5 Å². The molecule has 36 heavy (non-hydrogen) atoms. The van der Waals surface area contributed by atoms with Gasteiger partial charge >= 0.3 is 5.97 Å². The normalized spacial score (nSPS) is 11.4. The summed E-state index contributed by atoms with van der Waals surface area (Å²) >= 11 is 0. The third-order valence-corrected chi connectivity index (χ3v) is 5.92. The lowest BCUT2D eigenvalue weighted by Crippen LogP contribution is -2.17. The molecule has 0 aliphatic heterocycles. The number of oxazole rings is 1. The molecule has 0 unspecified atom stereocenters. The molecule has 2 N–H and O–H groups in total. The minimum absolute atomic E-state index is 0.0872. The minimum Gasteiger partial charge on any atom is -0.494 e. The Labute approximate surface area is 207 Å². The van der Waals surface area contributed by atoms with Gasteiger partial charge in [0.1, 0.15) is 17.1 Å². The Hall–Kier alpha value is -4.17. The molecule has 2 heterocycles. The van der Waals surface area contributed by atoms with Gasteiger partial charge in [-0.1, -0.05) is 24.3 Å². The average Bonchev–Trinajstić information content (AvgIpc) is 3.43. The number of halogens is 1. The monoisotopic (exact) mass is 487 g/mol. The van der Waals surface area contributed by atoms with E-state index in [0.29, 0.717) is 36.9 Å². The van der Waals surface area contributed by atoms with E-state index < -0.39 is 5.97 Å². The SMILES string of the molecule is O=C(O)Cc1cn(Cc2ccc(F)cc2)c2ccc(OCCCNCc3nc4ccccc4o3)cc12. The highest BCUT2D eigenvalue weighted by Gasteiger charge is 2.13. The van der Waals surface area contributed by atoms with Gasteiger partial charge in [-0.25, -0.2) is 9.37 Å². The van der Waals surface area contributed by atoms with Gasteiger partial charge in [0.2, 0.25) is 5.89 Å². The molecular formula is C28H26FN3O4. The van der Waals surface area contributed by atoms with Crippen molar-refractivity contribution in [1.82, 2.24) is 14.9 Å². The van der Waals surface area contributed by atoms with E-state index in [0.717, 1.165) is 40.5 Å². The van der Waals surface area contributed by atoms with Gasteiger partial charge < -0.3 is 24.1 Å². The Kier molecular flexibility index (Phi) is 6.95. The number of aromatic nitrogens is 2. The smallest absolute Gasteiger partial charge is 0.307 e. The second-order valence-electron chi connectivity index (χ2n) is 8.61. The molecule has 0 saturated heterocycles. The summed E-state index contributed by atoms with van der Waals surface area (Å²) in [5, 5.41) is 13.5. The molecular weight excluding hydrogens is 461 g/mol. The van der Waals surface area contributed by atoms with Crippen molar-refractivity contribution in [3.63, 3.8) is 0 Å². The highest BCUT2D eigenvalue weighted by atomic mass is 19.1. The number of nitrogens with one attached hydrogen (secondary N) is 1. The number of carboxylic acid groups (broad SMARTS) is 1. The van der Waals surface area contributed by atoms with Crippen molar-refractivity contribution in [2.75, 3.05) is 13.2 Å². The summed E-state index contributed by atoms with van der Waals surface area (Å²) in [6.07, 6.45) is 2.55. The molecule has 0 fully saturated rings. The number of hydrogen-bond donors (Lipinski definition) is 2. The number of nitrogens with zero attached hydrogens (tertiary/aromatic N) is 2. The van der Waals surface area contributed by atoms with E-state index in [1.807, 2.05) is 53.2 Å². The number of aliphatic carboxylic acids is 1. The van der Waals surface area contributed by atoms with Crippen LogP contribution in [0.15, 0.2) is 77.3 Å². The van der Waals surface area contributed by atoms with E-state index in [-0.39, 0.29) is 12.2 Å². The van der Waals surface area contributed by atoms with Crippen LogP contribution in [-0.2, 0) is 24.3 Å². The molecule has 0 spiro atoms. The van der Waals surface area contributed by atoms with Crippen LogP contribution in [0.1, 0.15) is 23.4 Å². The van der Waals surface area contributed by atoms with E-state index in [2.05, 4.69) is 10.3 Å². The van der Waals surface area contributed by atoms with E-state index in [9.17, 15) is 14.3 Å². The van der Waals surface area contributed by atoms with Gasteiger partial charge in [-0.05, 0) is 66.6 Å². The molecule has 0 aliphatic carbocycles. The van der Waals surface area contributed by atoms with Crippen LogP contribution in [0.3, 0.4) is 0 Å². The first kappa shape index (κ1) is 23.6. The number of carbonyl (C=O) groups is 1. The first-order valence-corrected chi connectivity index (χ1v) is 11.8. The minimum atomic E-state index is -0.896. The van der Waals surface area contributed by atoms with Gasteiger partial charge in [0.15, 0.2) is 5.58 Å². The summed E-state index contributed by atoms with van der Waals surface area (Å²) in [7, 11) is 0. The molecule has 0 saturated carbocycles. The van der Waals surface area contributed by atoms with Gasteiger partial charge in [-0.3, -0.25) is 4.79 Å². The first-order chi connectivity index (χ1) is 17.5. The lowest BCUT2D eigenvalue weighted by molar-refractivity contribution is -0.136. The van der Waals surface area contributed by atoms with Crippen molar-refractivity contribution in [2.45, 2.75) is 25.9 Å². The van der Waals surface area contributed by atoms with Crippen molar-refractivity contribution >= 4 is 28.0 Å². The lowest BCUT2D eigenvalue weighted by Gasteiger charge is -2.09. The van der Waals surface area contributed by atoms with Crippen molar-refractivity contribution in [3.05, 3.63) is 95.8 Å². The molecule has 7 nitrogen and oxygen atoms in total. The van der Waals surface area contributed by atoms with Gasteiger partial charge in [0.05, 0.1) is 19.6 Å². The average molecular weight is 488 g/mol. The number of carboxylic acids is 1. The van der Waals surface area contributed by atoms with Crippen LogP contribution in [0.25, 0.3) is 22.0 Å². The van der Waals surface area contributed by atoms with Crippen LogP contribution in [0.5, 0.6) is 5.75 Å². The molecule has 5 aromatic rings. The standard InChI is InChI=1S/C28H26FN3O4/c29-21-8-6-19(7-9-21)17-32-18-20(14-28(33)34)23-15-22(10-11-25(23)32)35-13-3-12-30-16-27-31-24-4-1-2-5-26(24)36-27/h1-2,4-11,15,18,30H,3,12-14,16-17H2,(H,33,34). The van der Waals surface area contributed by atoms with E-state index in [4.69, 9.17) is 9.15 Å². The summed E-state index contributed by atoms with van der Waals surface area (Å²) in [5.74, 6) is 0.157. The quantitative estimate of drug-likeness (QED) is 0.250. The van der Waals surface area contributed by atoms with E-state index in [1.165, 1.54) is 12.1 Å². The third-order valence-electron chi connectivity index (χ3n) is 5.92. The van der Waals surface area contributed by atoms with Crippen LogP contribution in [-0.4, -0.2) is 33.8 Å². The number of rotatable bonds is 11. The van der Waals surface area contributed by atoms with Crippen molar-refractivity contribution < 1.29 is 23.4 Å². The summed E-state index contributed by atoms with van der Waals surface area (Å²) in [6, 6.07) is 19.7. The molecule has 0 bridgehead atoms. The number of hydrogen-bond acceptors (Lipinski definition) is 5. The van der Waals surface area contributed by atoms with Crippen molar-refractivity contribution in [3.8, 4) is 5.75 Å². The van der Waals surface area contributed by atoms with Gasteiger partial charge in [-0.2, -0.15) is 0 Å². The van der Waals surface area contributed by atoms with E-state index >= 15 is 0 Å². The predicted octanol–water partition coefficient (Wildman–Crippen LogP) is 5.16. The Balaban J connectivity index is 1.19. The fourth-order valence-corrected chi connectivity index (χ4v) is 4.24.